The highest BCUT2D eigenvalue weighted by molar-refractivity contribution is 5.91. The number of carbonyl (C=O) groups excluding carboxylic acids is 1. The summed E-state index contributed by atoms with van der Waals surface area (Å²) in [5.74, 6) is 0.751. The Balaban J connectivity index is 2.15. The third-order valence-corrected chi connectivity index (χ3v) is 3.16. The van der Waals surface area contributed by atoms with Gasteiger partial charge < -0.3 is 15.1 Å². The van der Waals surface area contributed by atoms with Crippen LogP contribution in [0.25, 0.3) is 0 Å². The molecular formula is C14H17N3O2. The molecule has 0 aliphatic carbocycles. The third kappa shape index (κ3) is 2.82. The second-order valence-corrected chi connectivity index (χ2v) is 4.34. The van der Waals surface area contributed by atoms with E-state index in [2.05, 4.69) is 4.98 Å². The molecule has 5 nitrogen and oxygen atoms in total. The number of furan rings is 1. The molecule has 2 heterocycles. The minimum absolute atomic E-state index is 0.0538. The summed E-state index contributed by atoms with van der Waals surface area (Å²) in [6.07, 6.45) is 3.42. The molecular weight excluding hydrogens is 242 g/mol. The van der Waals surface area contributed by atoms with Crippen LogP contribution in [0.1, 0.15) is 34.8 Å². The molecule has 2 N–H and O–H groups in total. The van der Waals surface area contributed by atoms with Crippen molar-refractivity contribution in [3.05, 3.63) is 53.7 Å². The van der Waals surface area contributed by atoms with Crippen molar-refractivity contribution in [2.24, 2.45) is 5.73 Å². The fraction of sp³-hybridized carbons (Fsp3) is 0.286. The first-order valence-corrected chi connectivity index (χ1v) is 6.09. The molecule has 1 amide bonds. The van der Waals surface area contributed by atoms with Crippen molar-refractivity contribution in [2.75, 3.05) is 7.05 Å². The monoisotopic (exact) mass is 259 g/mol. The van der Waals surface area contributed by atoms with Crippen LogP contribution in [-0.4, -0.2) is 22.8 Å². The van der Waals surface area contributed by atoms with Gasteiger partial charge in [-0.3, -0.25) is 9.78 Å². The number of hydrogen-bond donors (Lipinski definition) is 1. The van der Waals surface area contributed by atoms with E-state index in [4.69, 9.17) is 10.2 Å². The molecule has 0 spiro atoms. The van der Waals surface area contributed by atoms with E-state index in [1.165, 1.54) is 0 Å². The van der Waals surface area contributed by atoms with Crippen LogP contribution in [0.4, 0.5) is 0 Å². The normalized spacial score (nSPS) is 12.2. The number of pyridine rings is 1. The molecule has 2 aromatic rings. The lowest BCUT2D eigenvalue weighted by Gasteiger charge is -2.24. The van der Waals surface area contributed by atoms with Crippen molar-refractivity contribution in [3.63, 3.8) is 0 Å². The average Bonchev–Trinajstić information content (AvgIpc) is 2.94. The standard InChI is InChI=1S/C14H17N3O2/c1-10(11-5-7-16-8-6-11)17(2)14(18)13-4-3-12(9-15)19-13/h3-8,10H,9,15H2,1-2H3. The zero-order valence-electron chi connectivity index (χ0n) is 11.0. The summed E-state index contributed by atoms with van der Waals surface area (Å²) in [4.78, 5) is 17.9. The summed E-state index contributed by atoms with van der Waals surface area (Å²) in [6.45, 7) is 2.25. The van der Waals surface area contributed by atoms with Gasteiger partial charge in [0.2, 0.25) is 0 Å². The zero-order valence-corrected chi connectivity index (χ0v) is 11.0. The van der Waals surface area contributed by atoms with Gasteiger partial charge in [-0.25, -0.2) is 0 Å². The molecule has 0 fully saturated rings. The van der Waals surface area contributed by atoms with E-state index in [-0.39, 0.29) is 18.5 Å². The van der Waals surface area contributed by atoms with Gasteiger partial charge in [0.05, 0.1) is 12.6 Å². The molecule has 1 unspecified atom stereocenters. The van der Waals surface area contributed by atoms with Crippen molar-refractivity contribution >= 4 is 5.91 Å². The fourth-order valence-electron chi connectivity index (χ4n) is 1.82. The first-order chi connectivity index (χ1) is 9.13. The van der Waals surface area contributed by atoms with Crippen LogP contribution in [0.5, 0.6) is 0 Å². The predicted molar refractivity (Wildman–Crippen MR) is 71.3 cm³/mol. The van der Waals surface area contributed by atoms with Crippen LogP contribution in [0.2, 0.25) is 0 Å². The Bertz CT molecular complexity index is 551. The highest BCUT2D eigenvalue weighted by atomic mass is 16.4. The van der Waals surface area contributed by atoms with Crippen LogP contribution in [0.3, 0.4) is 0 Å². The highest BCUT2D eigenvalue weighted by Crippen LogP contribution is 2.20. The van der Waals surface area contributed by atoms with Gasteiger partial charge >= 0.3 is 0 Å². The second kappa shape index (κ2) is 5.67. The second-order valence-electron chi connectivity index (χ2n) is 4.34. The minimum Gasteiger partial charge on any atom is -0.455 e. The third-order valence-electron chi connectivity index (χ3n) is 3.16. The van der Waals surface area contributed by atoms with Gasteiger partial charge in [0.25, 0.3) is 5.91 Å². The Kier molecular flexibility index (Phi) is 3.97. The predicted octanol–water partition coefficient (Wildman–Crippen LogP) is 1.97. The van der Waals surface area contributed by atoms with Crippen LogP contribution in [-0.2, 0) is 6.54 Å². The molecule has 0 saturated heterocycles. The maximum Gasteiger partial charge on any atom is 0.289 e. The summed E-state index contributed by atoms with van der Waals surface area (Å²) in [7, 11) is 1.75. The highest BCUT2D eigenvalue weighted by Gasteiger charge is 2.21. The summed E-state index contributed by atoms with van der Waals surface area (Å²) < 4.78 is 5.37. The van der Waals surface area contributed by atoms with Crippen molar-refractivity contribution in [1.29, 1.82) is 0 Å². The number of nitrogens with zero attached hydrogens (tertiary/aromatic N) is 2. The molecule has 0 saturated carbocycles. The van der Waals surface area contributed by atoms with Crippen LogP contribution >= 0.6 is 0 Å². The Morgan fingerprint density at radius 2 is 2.05 bits per heavy atom. The van der Waals surface area contributed by atoms with Gasteiger partial charge in [0.1, 0.15) is 5.76 Å². The largest absolute Gasteiger partial charge is 0.455 e. The van der Waals surface area contributed by atoms with Crippen molar-refractivity contribution < 1.29 is 9.21 Å². The number of nitrogens with two attached hydrogens (primary N) is 1. The van der Waals surface area contributed by atoms with E-state index >= 15 is 0 Å². The summed E-state index contributed by atoms with van der Waals surface area (Å²) in [6, 6.07) is 7.10. The van der Waals surface area contributed by atoms with Gasteiger partial charge in [0.15, 0.2) is 5.76 Å². The topological polar surface area (TPSA) is 72.4 Å². The van der Waals surface area contributed by atoms with E-state index in [0.29, 0.717) is 11.5 Å². The quantitative estimate of drug-likeness (QED) is 0.911. The Morgan fingerprint density at radius 1 is 1.37 bits per heavy atom. The Hall–Kier alpha value is -2.14. The lowest BCUT2D eigenvalue weighted by molar-refractivity contribution is 0.0708. The summed E-state index contributed by atoms with van der Waals surface area (Å²) >= 11 is 0. The first kappa shape index (κ1) is 13.3. The fourth-order valence-corrected chi connectivity index (χ4v) is 1.82. The molecule has 0 aliphatic rings. The van der Waals surface area contributed by atoms with E-state index in [1.54, 1.807) is 36.5 Å². The maximum absolute atomic E-state index is 12.3. The molecule has 0 aromatic carbocycles. The number of amides is 1. The Labute approximate surface area is 112 Å². The number of rotatable bonds is 4. The smallest absolute Gasteiger partial charge is 0.289 e. The lowest BCUT2D eigenvalue weighted by Crippen LogP contribution is -2.29. The molecule has 2 rings (SSSR count). The van der Waals surface area contributed by atoms with Gasteiger partial charge in [-0.2, -0.15) is 0 Å². The molecule has 0 aliphatic heterocycles. The molecule has 1 atom stereocenters. The van der Waals surface area contributed by atoms with Gasteiger partial charge in [-0.05, 0) is 36.8 Å². The van der Waals surface area contributed by atoms with E-state index in [9.17, 15) is 4.79 Å². The average molecular weight is 259 g/mol. The number of hydrogen-bond acceptors (Lipinski definition) is 4. The SMILES string of the molecule is CC(c1ccncc1)N(C)C(=O)c1ccc(CN)o1. The number of carbonyl (C=O) groups is 1. The molecule has 0 bridgehead atoms. The van der Waals surface area contributed by atoms with Crippen LogP contribution in [0.15, 0.2) is 41.1 Å². The summed E-state index contributed by atoms with van der Waals surface area (Å²) in [5, 5.41) is 0. The van der Waals surface area contributed by atoms with Crippen LogP contribution in [0, 0.1) is 0 Å². The minimum atomic E-state index is -0.163. The van der Waals surface area contributed by atoms with Crippen LogP contribution < -0.4 is 5.73 Å². The lowest BCUT2D eigenvalue weighted by atomic mass is 10.1. The molecule has 2 aromatic heterocycles. The van der Waals surface area contributed by atoms with Crippen molar-refractivity contribution in [3.8, 4) is 0 Å². The molecule has 19 heavy (non-hydrogen) atoms. The van der Waals surface area contributed by atoms with Crippen molar-refractivity contribution in [2.45, 2.75) is 19.5 Å². The number of aromatic nitrogens is 1. The van der Waals surface area contributed by atoms with E-state index in [0.717, 1.165) is 5.56 Å². The molecule has 100 valence electrons. The first-order valence-electron chi connectivity index (χ1n) is 6.09. The maximum atomic E-state index is 12.3. The van der Waals surface area contributed by atoms with Gasteiger partial charge in [0, 0.05) is 19.4 Å². The van der Waals surface area contributed by atoms with Gasteiger partial charge in [-0.1, -0.05) is 0 Å². The summed E-state index contributed by atoms with van der Waals surface area (Å²) in [5.41, 5.74) is 6.49. The Morgan fingerprint density at radius 3 is 2.63 bits per heavy atom. The molecule has 0 radical (unpaired) electrons. The van der Waals surface area contributed by atoms with E-state index in [1.807, 2.05) is 19.1 Å². The molecule has 5 heteroatoms. The zero-order chi connectivity index (χ0) is 13.8. The van der Waals surface area contributed by atoms with Crippen molar-refractivity contribution in [1.82, 2.24) is 9.88 Å². The van der Waals surface area contributed by atoms with Gasteiger partial charge in [-0.15, -0.1) is 0 Å². The van der Waals surface area contributed by atoms with E-state index < -0.39 is 0 Å².